The highest BCUT2D eigenvalue weighted by atomic mass is 79.9. The molecule has 0 bridgehead atoms. The normalized spacial score (nSPS) is 11.4. The van der Waals surface area contributed by atoms with E-state index >= 15 is 0 Å². The molecule has 0 fully saturated rings. The average molecular weight is 455 g/mol. The molecule has 0 atom stereocenters. The van der Waals surface area contributed by atoms with Gasteiger partial charge in [-0.1, -0.05) is 27.5 Å². The third-order valence-electron chi connectivity index (χ3n) is 2.76. The summed E-state index contributed by atoms with van der Waals surface area (Å²) in [7, 11) is -3.79. The summed E-state index contributed by atoms with van der Waals surface area (Å²) >= 11 is 12.5. The van der Waals surface area contributed by atoms with Crippen LogP contribution in [0.25, 0.3) is 0 Å². The lowest BCUT2D eigenvalue weighted by atomic mass is 10.2. The minimum absolute atomic E-state index is 0.111. The number of hydrogen-bond acceptors (Lipinski definition) is 3. The van der Waals surface area contributed by atoms with Gasteiger partial charge in [0.1, 0.15) is 4.90 Å². The van der Waals surface area contributed by atoms with E-state index in [9.17, 15) is 8.42 Å². The Labute approximate surface area is 145 Å². The zero-order chi connectivity index (χ0) is 15.8. The fraction of sp³-hybridized carbons (Fsp3) is 0.0769. The van der Waals surface area contributed by atoms with Crippen molar-refractivity contribution in [3.05, 3.63) is 49.9 Å². The first-order valence-electron chi connectivity index (χ1n) is 5.74. The molecular formula is C13H11Br2ClN2O2S. The second-order valence-corrected chi connectivity index (χ2v) is 8.16. The van der Waals surface area contributed by atoms with Gasteiger partial charge in [0.25, 0.3) is 10.0 Å². The maximum Gasteiger partial charge on any atom is 0.263 e. The van der Waals surface area contributed by atoms with Crippen LogP contribution in [0, 0.1) is 6.92 Å². The van der Waals surface area contributed by atoms with Crippen LogP contribution in [-0.4, -0.2) is 8.42 Å². The van der Waals surface area contributed by atoms with Gasteiger partial charge in [0.05, 0.1) is 11.4 Å². The molecule has 0 heterocycles. The van der Waals surface area contributed by atoms with Crippen LogP contribution in [0.2, 0.25) is 5.02 Å². The van der Waals surface area contributed by atoms with Gasteiger partial charge >= 0.3 is 0 Å². The van der Waals surface area contributed by atoms with Gasteiger partial charge in [-0.3, -0.25) is 4.72 Å². The standard InChI is InChI=1S/C13H11Br2ClN2O2S/c1-7-4-10(15)13(6-9(7)14)21(19,20)18-12-5-8(16)2-3-11(12)17/h2-6,18H,17H2,1H3. The molecule has 0 radical (unpaired) electrons. The lowest BCUT2D eigenvalue weighted by molar-refractivity contribution is 0.600. The number of nitrogens with two attached hydrogens (primary N) is 1. The van der Waals surface area contributed by atoms with Gasteiger partial charge in [-0.15, -0.1) is 0 Å². The molecule has 0 aliphatic carbocycles. The van der Waals surface area contributed by atoms with E-state index < -0.39 is 10.0 Å². The zero-order valence-corrected chi connectivity index (χ0v) is 15.6. The van der Waals surface area contributed by atoms with E-state index in [4.69, 9.17) is 17.3 Å². The number of rotatable bonds is 3. The number of sulfonamides is 1. The van der Waals surface area contributed by atoms with Gasteiger partial charge < -0.3 is 5.73 Å². The molecule has 0 saturated carbocycles. The summed E-state index contributed by atoms with van der Waals surface area (Å²) < 4.78 is 28.6. The maximum atomic E-state index is 12.5. The van der Waals surface area contributed by atoms with Crippen molar-refractivity contribution in [3.63, 3.8) is 0 Å². The average Bonchev–Trinajstić information content (AvgIpc) is 2.37. The molecule has 0 aliphatic heterocycles. The molecule has 2 aromatic rings. The summed E-state index contributed by atoms with van der Waals surface area (Å²) in [5.41, 5.74) is 7.22. The van der Waals surface area contributed by atoms with Crippen LogP contribution in [0.5, 0.6) is 0 Å². The van der Waals surface area contributed by atoms with Crippen LogP contribution in [0.1, 0.15) is 5.56 Å². The molecule has 0 aromatic heterocycles. The van der Waals surface area contributed by atoms with Gasteiger partial charge in [0, 0.05) is 14.0 Å². The summed E-state index contributed by atoms with van der Waals surface area (Å²) in [5.74, 6) is 0. The summed E-state index contributed by atoms with van der Waals surface area (Å²) in [6.45, 7) is 1.87. The van der Waals surface area contributed by atoms with E-state index in [-0.39, 0.29) is 10.6 Å². The molecule has 2 aromatic carbocycles. The summed E-state index contributed by atoms with van der Waals surface area (Å²) in [4.78, 5) is 0.111. The number of halogens is 3. The molecule has 21 heavy (non-hydrogen) atoms. The van der Waals surface area contributed by atoms with Crippen molar-refractivity contribution in [2.75, 3.05) is 10.5 Å². The van der Waals surface area contributed by atoms with E-state index in [2.05, 4.69) is 36.6 Å². The molecule has 3 N–H and O–H groups in total. The van der Waals surface area contributed by atoms with E-state index in [1.807, 2.05) is 6.92 Å². The molecule has 112 valence electrons. The van der Waals surface area contributed by atoms with Crippen molar-refractivity contribution in [3.8, 4) is 0 Å². The Morgan fingerprint density at radius 1 is 1.14 bits per heavy atom. The highest BCUT2D eigenvalue weighted by Gasteiger charge is 2.20. The number of anilines is 2. The smallest absolute Gasteiger partial charge is 0.263 e. The van der Waals surface area contributed by atoms with Crippen molar-refractivity contribution in [2.24, 2.45) is 0 Å². The van der Waals surface area contributed by atoms with Crippen molar-refractivity contribution in [2.45, 2.75) is 11.8 Å². The summed E-state index contributed by atoms with van der Waals surface area (Å²) in [5, 5.41) is 0.394. The predicted octanol–water partition coefficient (Wildman–Crippen LogP) is 4.56. The molecule has 8 heteroatoms. The zero-order valence-electron chi connectivity index (χ0n) is 10.8. The van der Waals surface area contributed by atoms with E-state index in [0.717, 1.165) is 5.56 Å². The first-order chi connectivity index (χ1) is 9.70. The number of hydrogen-bond donors (Lipinski definition) is 2. The first kappa shape index (κ1) is 16.6. The minimum atomic E-state index is -3.79. The van der Waals surface area contributed by atoms with Crippen molar-refractivity contribution >= 4 is 64.9 Å². The van der Waals surface area contributed by atoms with E-state index in [1.54, 1.807) is 18.2 Å². The quantitative estimate of drug-likeness (QED) is 0.668. The second kappa shape index (κ2) is 6.16. The first-order valence-corrected chi connectivity index (χ1v) is 9.19. The largest absolute Gasteiger partial charge is 0.397 e. The SMILES string of the molecule is Cc1cc(Br)c(S(=O)(=O)Nc2cc(Cl)ccc2N)cc1Br. The van der Waals surface area contributed by atoms with Crippen LogP contribution >= 0.6 is 43.5 Å². The van der Waals surface area contributed by atoms with Crippen molar-refractivity contribution in [1.82, 2.24) is 0 Å². The predicted molar refractivity (Wildman–Crippen MR) is 93.3 cm³/mol. The molecular weight excluding hydrogens is 443 g/mol. The lowest BCUT2D eigenvalue weighted by Gasteiger charge is -2.13. The van der Waals surface area contributed by atoms with Gasteiger partial charge in [-0.2, -0.15) is 0 Å². The molecule has 0 aliphatic rings. The van der Waals surface area contributed by atoms with Crippen LogP contribution in [0.4, 0.5) is 11.4 Å². The Hall–Kier alpha value is -0.760. The van der Waals surface area contributed by atoms with Crippen LogP contribution < -0.4 is 10.5 Å². The van der Waals surface area contributed by atoms with Crippen LogP contribution in [0.15, 0.2) is 44.2 Å². The monoisotopic (exact) mass is 452 g/mol. The Bertz CT molecular complexity index is 810. The van der Waals surface area contributed by atoms with Crippen molar-refractivity contribution < 1.29 is 8.42 Å². The third-order valence-corrected chi connectivity index (χ3v) is 6.18. The topological polar surface area (TPSA) is 72.2 Å². The Kier molecular flexibility index (Phi) is 4.87. The van der Waals surface area contributed by atoms with Crippen LogP contribution in [-0.2, 0) is 10.0 Å². The number of benzene rings is 2. The Morgan fingerprint density at radius 3 is 2.48 bits per heavy atom. The molecule has 0 spiro atoms. The third kappa shape index (κ3) is 3.71. The summed E-state index contributed by atoms with van der Waals surface area (Å²) in [6, 6.07) is 7.85. The van der Waals surface area contributed by atoms with Gasteiger partial charge in [-0.25, -0.2) is 8.42 Å². The summed E-state index contributed by atoms with van der Waals surface area (Å²) in [6.07, 6.45) is 0. The molecule has 0 amide bonds. The molecule has 0 unspecified atom stereocenters. The van der Waals surface area contributed by atoms with Gasteiger partial charge in [0.15, 0.2) is 0 Å². The number of nitrogen functional groups attached to an aromatic ring is 1. The van der Waals surface area contributed by atoms with Crippen LogP contribution in [0.3, 0.4) is 0 Å². The highest BCUT2D eigenvalue weighted by molar-refractivity contribution is 9.11. The maximum absolute atomic E-state index is 12.5. The molecule has 4 nitrogen and oxygen atoms in total. The number of aryl methyl sites for hydroxylation is 1. The van der Waals surface area contributed by atoms with Crippen molar-refractivity contribution in [1.29, 1.82) is 0 Å². The van der Waals surface area contributed by atoms with Gasteiger partial charge in [-0.05, 0) is 58.7 Å². The molecule has 0 saturated heterocycles. The minimum Gasteiger partial charge on any atom is -0.397 e. The fourth-order valence-corrected chi connectivity index (χ4v) is 4.58. The number of nitrogens with one attached hydrogen (secondary N) is 1. The lowest BCUT2D eigenvalue weighted by Crippen LogP contribution is -2.15. The van der Waals surface area contributed by atoms with E-state index in [0.29, 0.717) is 19.7 Å². The molecule has 2 rings (SSSR count). The Morgan fingerprint density at radius 2 is 1.81 bits per heavy atom. The van der Waals surface area contributed by atoms with E-state index in [1.165, 1.54) is 12.1 Å². The Balaban J connectivity index is 2.48. The highest BCUT2D eigenvalue weighted by Crippen LogP contribution is 2.31. The fourth-order valence-electron chi connectivity index (χ4n) is 1.65. The van der Waals surface area contributed by atoms with Gasteiger partial charge in [0.2, 0.25) is 0 Å². The second-order valence-electron chi connectivity index (χ2n) is 4.37.